The van der Waals surface area contributed by atoms with Crippen molar-refractivity contribution < 1.29 is 17.9 Å². The van der Waals surface area contributed by atoms with E-state index in [1.165, 1.54) is 6.07 Å². The van der Waals surface area contributed by atoms with Crippen LogP contribution in [-0.2, 0) is 0 Å². The Labute approximate surface area is 154 Å². The van der Waals surface area contributed by atoms with Gasteiger partial charge in [0.15, 0.2) is 0 Å². The summed E-state index contributed by atoms with van der Waals surface area (Å²) in [5.41, 5.74) is 0.575. The quantitative estimate of drug-likeness (QED) is 0.744. The minimum Gasteiger partial charge on any atom is -0.405 e. The lowest BCUT2D eigenvalue weighted by atomic mass is 10.0. The third-order valence-corrected chi connectivity index (χ3v) is 4.03. The van der Waals surface area contributed by atoms with E-state index in [1.807, 2.05) is 6.92 Å². The van der Waals surface area contributed by atoms with Crippen LogP contribution >= 0.6 is 40.7 Å². The van der Waals surface area contributed by atoms with Crippen LogP contribution in [0.4, 0.5) is 13.2 Å². The van der Waals surface area contributed by atoms with E-state index >= 15 is 0 Å². The number of alkyl halides is 3. The highest BCUT2D eigenvalue weighted by molar-refractivity contribution is 9.10. The molecule has 3 nitrogen and oxygen atoms in total. The molecule has 1 heterocycles. The molecule has 0 unspecified atom stereocenters. The van der Waals surface area contributed by atoms with E-state index in [9.17, 15) is 13.2 Å². The van der Waals surface area contributed by atoms with Gasteiger partial charge in [0, 0.05) is 42.3 Å². The van der Waals surface area contributed by atoms with Gasteiger partial charge in [-0.25, -0.2) is 0 Å². The largest absolute Gasteiger partial charge is 0.573 e. The fourth-order valence-electron chi connectivity index (χ4n) is 2.67. The Balaban J connectivity index is 0.00000242. The molecular weight excluding hydrogens is 420 g/mol. The number of nitrogens with zero attached hydrogens (tertiary/aromatic N) is 1. The first-order valence-electron chi connectivity index (χ1n) is 6.90. The fraction of sp³-hybridized carbons (Fsp3) is 0.571. The number of piperazine rings is 1. The first-order valence-corrected chi connectivity index (χ1v) is 7.70. The van der Waals surface area contributed by atoms with Crippen LogP contribution < -0.4 is 10.1 Å². The van der Waals surface area contributed by atoms with E-state index in [0.717, 1.165) is 37.1 Å². The van der Waals surface area contributed by atoms with Crippen LogP contribution in [0.1, 0.15) is 24.9 Å². The van der Waals surface area contributed by atoms with Crippen LogP contribution in [0.3, 0.4) is 0 Å². The van der Waals surface area contributed by atoms with Crippen LogP contribution in [0.5, 0.6) is 5.75 Å². The number of halogens is 6. The maximum Gasteiger partial charge on any atom is 0.573 e. The van der Waals surface area contributed by atoms with E-state index in [2.05, 4.69) is 30.9 Å². The lowest BCUT2D eigenvalue weighted by molar-refractivity contribution is -0.275. The minimum atomic E-state index is -4.68. The molecule has 1 atom stereocenters. The summed E-state index contributed by atoms with van der Waals surface area (Å²) in [5, 5.41) is 3.25. The molecule has 0 saturated carbocycles. The minimum absolute atomic E-state index is 0. The molecule has 1 aliphatic heterocycles. The molecule has 1 N–H and O–H groups in total. The molecule has 1 aromatic carbocycles. The summed E-state index contributed by atoms with van der Waals surface area (Å²) in [6, 6.07) is 4.58. The Morgan fingerprint density at radius 1 is 1.26 bits per heavy atom. The first kappa shape index (κ1) is 22.8. The van der Waals surface area contributed by atoms with Crippen molar-refractivity contribution in [1.29, 1.82) is 0 Å². The normalized spacial score (nSPS) is 16.9. The van der Waals surface area contributed by atoms with Crippen LogP contribution in [0.25, 0.3) is 0 Å². The van der Waals surface area contributed by atoms with Gasteiger partial charge in [0.05, 0.1) is 0 Å². The fourth-order valence-corrected chi connectivity index (χ4v) is 3.04. The second kappa shape index (κ2) is 9.93. The standard InChI is InChI=1S/C14H18BrF3N2O.2ClH/c1-2-12(20-7-5-19-6-8-20)11-9-10(15)3-4-13(11)21-14(16,17)18;;/h3-4,9,12,19H,2,5-8H2,1H3;2*1H/t12-;;/m0../s1. The highest BCUT2D eigenvalue weighted by atomic mass is 79.9. The highest BCUT2D eigenvalue weighted by Gasteiger charge is 2.34. The van der Waals surface area contributed by atoms with Gasteiger partial charge in [0.2, 0.25) is 0 Å². The smallest absolute Gasteiger partial charge is 0.405 e. The summed E-state index contributed by atoms with van der Waals surface area (Å²) in [4.78, 5) is 2.20. The molecule has 1 aromatic rings. The van der Waals surface area contributed by atoms with E-state index in [0.29, 0.717) is 5.56 Å². The number of benzene rings is 1. The monoisotopic (exact) mass is 438 g/mol. The highest BCUT2D eigenvalue weighted by Crippen LogP contribution is 2.36. The topological polar surface area (TPSA) is 24.5 Å². The summed E-state index contributed by atoms with van der Waals surface area (Å²) in [5.74, 6) is -0.115. The Morgan fingerprint density at radius 3 is 2.39 bits per heavy atom. The molecule has 1 aliphatic rings. The van der Waals surface area contributed by atoms with Crippen molar-refractivity contribution in [2.24, 2.45) is 0 Å². The first-order chi connectivity index (χ1) is 9.90. The second-order valence-corrected chi connectivity index (χ2v) is 5.86. The average Bonchev–Trinajstić information content (AvgIpc) is 2.42. The molecule has 0 radical (unpaired) electrons. The third-order valence-electron chi connectivity index (χ3n) is 3.54. The van der Waals surface area contributed by atoms with E-state index in [4.69, 9.17) is 0 Å². The molecule has 0 spiro atoms. The summed E-state index contributed by atoms with van der Waals surface area (Å²) >= 11 is 3.33. The van der Waals surface area contributed by atoms with Crippen molar-refractivity contribution in [1.82, 2.24) is 10.2 Å². The van der Waals surface area contributed by atoms with Gasteiger partial charge in [-0.1, -0.05) is 22.9 Å². The summed E-state index contributed by atoms with van der Waals surface area (Å²) in [6.45, 7) is 5.30. The van der Waals surface area contributed by atoms with E-state index in [1.54, 1.807) is 12.1 Å². The van der Waals surface area contributed by atoms with E-state index in [-0.39, 0.29) is 36.6 Å². The number of hydrogen-bond acceptors (Lipinski definition) is 3. The number of ether oxygens (including phenoxy) is 1. The predicted molar refractivity (Wildman–Crippen MR) is 92.8 cm³/mol. The molecule has 0 aliphatic carbocycles. The Bertz CT molecular complexity index is 486. The maximum absolute atomic E-state index is 12.6. The van der Waals surface area contributed by atoms with Gasteiger partial charge in [0.25, 0.3) is 0 Å². The van der Waals surface area contributed by atoms with Gasteiger partial charge in [-0.3, -0.25) is 4.90 Å². The van der Waals surface area contributed by atoms with Gasteiger partial charge in [-0.05, 0) is 24.6 Å². The van der Waals surface area contributed by atoms with Gasteiger partial charge < -0.3 is 10.1 Å². The molecule has 9 heteroatoms. The van der Waals surface area contributed by atoms with Gasteiger partial charge >= 0.3 is 6.36 Å². The Hall–Kier alpha value is -0.210. The molecule has 134 valence electrons. The molecule has 1 saturated heterocycles. The van der Waals surface area contributed by atoms with Crippen LogP contribution in [0.15, 0.2) is 22.7 Å². The van der Waals surface area contributed by atoms with Gasteiger partial charge in [-0.2, -0.15) is 0 Å². The predicted octanol–water partition coefficient (Wildman–Crippen LogP) is 4.55. The summed E-state index contributed by atoms with van der Waals surface area (Å²) < 4.78 is 42.7. The average molecular weight is 440 g/mol. The van der Waals surface area contributed by atoms with Crippen molar-refractivity contribution in [3.8, 4) is 5.75 Å². The molecular formula is C14H20BrCl2F3N2O. The van der Waals surface area contributed by atoms with Gasteiger partial charge in [-0.15, -0.1) is 38.0 Å². The van der Waals surface area contributed by atoms with Crippen molar-refractivity contribution in [2.75, 3.05) is 26.2 Å². The zero-order valence-corrected chi connectivity index (χ0v) is 15.7. The second-order valence-electron chi connectivity index (χ2n) is 4.94. The molecule has 2 rings (SSSR count). The zero-order chi connectivity index (χ0) is 15.5. The van der Waals surface area contributed by atoms with Crippen molar-refractivity contribution in [3.05, 3.63) is 28.2 Å². The third kappa shape index (κ3) is 6.66. The maximum atomic E-state index is 12.6. The van der Waals surface area contributed by atoms with Crippen LogP contribution in [0.2, 0.25) is 0 Å². The lowest BCUT2D eigenvalue weighted by Gasteiger charge is -2.35. The van der Waals surface area contributed by atoms with Crippen molar-refractivity contribution in [3.63, 3.8) is 0 Å². The Morgan fingerprint density at radius 2 is 1.87 bits per heavy atom. The Kier molecular flexibility index (Phi) is 9.84. The van der Waals surface area contributed by atoms with E-state index < -0.39 is 6.36 Å². The van der Waals surface area contributed by atoms with Crippen molar-refractivity contribution in [2.45, 2.75) is 25.7 Å². The van der Waals surface area contributed by atoms with Crippen LogP contribution in [0, 0.1) is 0 Å². The van der Waals surface area contributed by atoms with Gasteiger partial charge in [0.1, 0.15) is 5.75 Å². The summed E-state index contributed by atoms with van der Waals surface area (Å²) in [7, 11) is 0. The SMILES string of the molecule is CC[C@@H](c1cc(Br)ccc1OC(F)(F)F)N1CCNCC1.Cl.Cl. The van der Waals surface area contributed by atoms with Crippen LogP contribution in [-0.4, -0.2) is 37.4 Å². The summed E-state index contributed by atoms with van der Waals surface area (Å²) in [6.07, 6.45) is -3.95. The molecule has 0 aromatic heterocycles. The van der Waals surface area contributed by atoms with Crippen molar-refractivity contribution >= 4 is 40.7 Å². The molecule has 0 amide bonds. The number of rotatable bonds is 4. The molecule has 0 bridgehead atoms. The molecule has 1 fully saturated rings. The number of nitrogens with one attached hydrogen (secondary N) is 1. The number of hydrogen-bond donors (Lipinski definition) is 1. The zero-order valence-electron chi connectivity index (χ0n) is 12.5. The molecule has 23 heavy (non-hydrogen) atoms. The lowest BCUT2D eigenvalue weighted by Crippen LogP contribution is -2.45.